The van der Waals surface area contributed by atoms with Crippen molar-refractivity contribution in [3.8, 4) is 28.6 Å². The zero-order valence-electron chi connectivity index (χ0n) is 40.7. The summed E-state index contributed by atoms with van der Waals surface area (Å²) in [5.74, 6) is -1.42. The average molecular weight is 945 g/mol. The minimum absolute atomic E-state index is 0.0135. The lowest BCUT2D eigenvalue weighted by atomic mass is 9.97. The molecular weight excluding hydrogens is 873 g/mol. The van der Waals surface area contributed by atoms with Crippen molar-refractivity contribution >= 4 is 28.9 Å². The van der Waals surface area contributed by atoms with Crippen molar-refractivity contribution in [1.29, 1.82) is 0 Å². The summed E-state index contributed by atoms with van der Waals surface area (Å²) in [5, 5.41) is 0.225. The molecule has 1 fully saturated rings. The molecule has 372 valence electrons. The topological polar surface area (TPSA) is 164 Å². The van der Waals surface area contributed by atoms with Gasteiger partial charge in [-0.3, -0.25) is 14.4 Å². The molecule has 68 heavy (non-hydrogen) atoms. The smallest absolute Gasteiger partial charge is 0.338 e. The summed E-state index contributed by atoms with van der Waals surface area (Å²) in [5.41, 5.74) is 0.870. The van der Waals surface area contributed by atoms with E-state index in [2.05, 4.69) is 27.7 Å². The standard InChI is InChI=1S/C54H72O14/c1-6-11-31-59-42-30-29-39(47-48(46(57)40-25-19-20-26-41(40)65-47)67-45(56)28-22-21-27-44(55)60-32-12-7-2)36-43(42)66-54-52(63-35-15-10-5)50(62-34-14-9-4)49(61-33-13-8-3)51(68-54)53(58)64-37-38-23-17-16-18-24-38/h16-20,23-26,29-30,36,49-52,54H,6-15,21-22,27-28,31-35,37H2,1-5H3. The summed E-state index contributed by atoms with van der Waals surface area (Å²) in [6.45, 7) is 12.1. The molecule has 0 radical (unpaired) electrons. The lowest BCUT2D eigenvalue weighted by Gasteiger charge is -2.45. The van der Waals surface area contributed by atoms with Gasteiger partial charge in [-0.2, -0.15) is 0 Å². The van der Waals surface area contributed by atoms with E-state index < -0.39 is 48.1 Å². The Kier molecular flexibility index (Phi) is 23.3. The maximum atomic E-state index is 14.3. The van der Waals surface area contributed by atoms with Crippen molar-refractivity contribution in [2.45, 2.75) is 162 Å². The van der Waals surface area contributed by atoms with Crippen LogP contribution < -0.4 is 19.6 Å². The summed E-state index contributed by atoms with van der Waals surface area (Å²) in [6, 6.07) is 21.1. The number of esters is 3. The van der Waals surface area contributed by atoms with Gasteiger partial charge in [0.15, 0.2) is 23.4 Å². The van der Waals surface area contributed by atoms with Gasteiger partial charge in [0, 0.05) is 38.2 Å². The molecule has 1 saturated heterocycles. The van der Waals surface area contributed by atoms with Crippen LogP contribution in [-0.2, 0) is 49.4 Å². The molecule has 14 heteroatoms. The Hall–Kier alpha value is -5.28. The first-order chi connectivity index (χ1) is 33.2. The molecule has 0 N–H and O–H groups in total. The number of hydrogen-bond donors (Lipinski definition) is 0. The van der Waals surface area contributed by atoms with Gasteiger partial charge in [-0.25, -0.2) is 4.79 Å². The van der Waals surface area contributed by atoms with E-state index in [1.807, 2.05) is 37.3 Å². The van der Waals surface area contributed by atoms with Gasteiger partial charge in [0.1, 0.15) is 30.5 Å². The molecule has 0 saturated carbocycles. The number of unbranched alkanes of at least 4 members (excludes halogenated alkanes) is 6. The molecule has 5 rings (SSSR count). The van der Waals surface area contributed by atoms with Crippen LogP contribution >= 0.6 is 0 Å². The Bertz CT molecular complexity index is 2190. The molecular formula is C54H72O14. The van der Waals surface area contributed by atoms with E-state index in [9.17, 15) is 19.2 Å². The maximum absolute atomic E-state index is 14.3. The zero-order valence-corrected chi connectivity index (χ0v) is 40.7. The third-order valence-corrected chi connectivity index (χ3v) is 11.3. The van der Waals surface area contributed by atoms with Gasteiger partial charge in [0.05, 0.1) is 18.6 Å². The van der Waals surface area contributed by atoms with E-state index in [0.717, 1.165) is 69.8 Å². The van der Waals surface area contributed by atoms with Gasteiger partial charge in [-0.05, 0) is 80.8 Å². The highest BCUT2D eigenvalue weighted by molar-refractivity contribution is 5.84. The highest BCUT2D eigenvalue weighted by Gasteiger charge is 2.53. The maximum Gasteiger partial charge on any atom is 0.338 e. The minimum atomic E-state index is -1.28. The van der Waals surface area contributed by atoms with Crippen LogP contribution in [0.3, 0.4) is 0 Å². The molecule has 0 bridgehead atoms. The highest BCUT2D eigenvalue weighted by atomic mass is 16.7. The molecule has 1 aliphatic heterocycles. The van der Waals surface area contributed by atoms with Crippen molar-refractivity contribution in [1.82, 2.24) is 0 Å². The fourth-order valence-corrected chi connectivity index (χ4v) is 7.37. The molecule has 4 aromatic rings. The van der Waals surface area contributed by atoms with Crippen LogP contribution in [0.25, 0.3) is 22.3 Å². The second-order valence-electron chi connectivity index (χ2n) is 16.9. The number of fused-ring (bicyclic) bond motifs is 1. The van der Waals surface area contributed by atoms with Crippen LogP contribution in [0.15, 0.2) is 82.0 Å². The normalized spacial score (nSPS) is 18.0. The second-order valence-corrected chi connectivity index (χ2v) is 16.9. The quantitative estimate of drug-likeness (QED) is 0.0346. The van der Waals surface area contributed by atoms with Crippen molar-refractivity contribution in [3.63, 3.8) is 0 Å². The van der Waals surface area contributed by atoms with E-state index in [-0.39, 0.29) is 53.6 Å². The van der Waals surface area contributed by atoms with Crippen LogP contribution in [0.5, 0.6) is 17.2 Å². The van der Waals surface area contributed by atoms with Crippen molar-refractivity contribution < 1.29 is 61.4 Å². The van der Waals surface area contributed by atoms with E-state index in [4.69, 9.17) is 47.0 Å². The first-order valence-corrected chi connectivity index (χ1v) is 24.8. The third-order valence-electron chi connectivity index (χ3n) is 11.3. The number of para-hydroxylation sites is 1. The van der Waals surface area contributed by atoms with E-state index in [1.165, 1.54) is 0 Å². The molecule has 14 nitrogen and oxygen atoms in total. The Morgan fingerprint density at radius 2 is 1.19 bits per heavy atom. The number of ether oxygens (including phenoxy) is 9. The largest absolute Gasteiger partial charge is 0.490 e. The first-order valence-electron chi connectivity index (χ1n) is 24.8. The molecule has 5 atom stereocenters. The van der Waals surface area contributed by atoms with Gasteiger partial charge in [0.2, 0.25) is 17.5 Å². The molecule has 2 heterocycles. The Balaban J connectivity index is 1.54. The van der Waals surface area contributed by atoms with Gasteiger partial charge >= 0.3 is 17.9 Å². The first kappa shape index (κ1) is 53.7. The van der Waals surface area contributed by atoms with Gasteiger partial charge in [0.25, 0.3) is 0 Å². The fourth-order valence-electron chi connectivity index (χ4n) is 7.37. The minimum Gasteiger partial charge on any atom is -0.490 e. The summed E-state index contributed by atoms with van der Waals surface area (Å²) in [7, 11) is 0. The van der Waals surface area contributed by atoms with Crippen LogP contribution in [0.1, 0.15) is 130 Å². The van der Waals surface area contributed by atoms with Crippen LogP contribution in [-0.4, -0.2) is 81.6 Å². The van der Waals surface area contributed by atoms with Gasteiger partial charge in [-0.15, -0.1) is 0 Å². The second kappa shape index (κ2) is 29.6. The number of benzene rings is 3. The van der Waals surface area contributed by atoms with Crippen molar-refractivity contribution in [2.75, 3.05) is 33.0 Å². The molecule has 1 aromatic heterocycles. The zero-order chi connectivity index (χ0) is 48.5. The van der Waals surface area contributed by atoms with Gasteiger partial charge < -0.3 is 47.0 Å². The Morgan fingerprint density at radius 1 is 0.588 bits per heavy atom. The summed E-state index contributed by atoms with van der Waals surface area (Å²) < 4.78 is 62.9. The Morgan fingerprint density at radius 3 is 1.88 bits per heavy atom. The number of carbonyl (C=O) groups excluding carboxylic acids is 3. The SMILES string of the molecule is CCCCOC(=O)CCCCC(=O)Oc1c(-c2ccc(OCCCC)c(OC3OC(C(=O)OCc4ccccc4)C(OCCCC)C(OCCCC)C3OCCCC)c2)oc2ccccc2c1=O. The number of carbonyl (C=O) groups is 3. The Labute approximate surface area is 401 Å². The van der Waals surface area contributed by atoms with Crippen LogP contribution in [0.2, 0.25) is 0 Å². The predicted molar refractivity (Wildman–Crippen MR) is 258 cm³/mol. The monoisotopic (exact) mass is 944 g/mol. The highest BCUT2D eigenvalue weighted by Crippen LogP contribution is 2.40. The molecule has 0 amide bonds. The molecule has 0 aliphatic carbocycles. The van der Waals surface area contributed by atoms with Crippen LogP contribution in [0.4, 0.5) is 0 Å². The summed E-state index contributed by atoms with van der Waals surface area (Å²) >= 11 is 0. The lowest BCUT2D eigenvalue weighted by Crippen LogP contribution is -2.64. The van der Waals surface area contributed by atoms with E-state index in [1.54, 1.807) is 42.5 Å². The third kappa shape index (κ3) is 16.2. The summed E-state index contributed by atoms with van der Waals surface area (Å²) in [6.07, 6.45) is 3.90. The predicted octanol–water partition coefficient (Wildman–Crippen LogP) is 10.9. The molecule has 3 aromatic carbocycles. The number of hydrogen-bond acceptors (Lipinski definition) is 14. The molecule has 5 unspecified atom stereocenters. The van der Waals surface area contributed by atoms with Gasteiger partial charge in [-0.1, -0.05) is 109 Å². The molecule has 1 aliphatic rings. The van der Waals surface area contributed by atoms with E-state index >= 15 is 0 Å². The molecule has 0 spiro atoms. The van der Waals surface area contributed by atoms with Crippen LogP contribution in [0, 0.1) is 0 Å². The van der Waals surface area contributed by atoms with Crippen molar-refractivity contribution in [3.05, 3.63) is 88.6 Å². The summed E-state index contributed by atoms with van der Waals surface area (Å²) in [4.78, 5) is 54.0. The van der Waals surface area contributed by atoms with E-state index in [0.29, 0.717) is 57.2 Å². The number of rotatable bonds is 31. The fraction of sp³-hybridized carbons (Fsp3) is 0.556. The average Bonchev–Trinajstić information content (AvgIpc) is 3.35. The lowest BCUT2D eigenvalue weighted by molar-refractivity contribution is -0.297. The van der Waals surface area contributed by atoms with Crippen molar-refractivity contribution in [2.24, 2.45) is 0 Å².